The monoisotopic (exact) mass is 767 g/mol. The van der Waals surface area contributed by atoms with Crippen LogP contribution in [-0.2, 0) is 75.0 Å². The number of hydrogen-bond acceptors (Lipinski definition) is 16. The zero-order valence-corrected chi connectivity index (χ0v) is 29.1. The number of rotatable bonds is 14. The summed E-state index contributed by atoms with van der Waals surface area (Å²) in [7, 11) is 0.449. The van der Waals surface area contributed by atoms with Gasteiger partial charge >= 0.3 is 33.1 Å². The molecular weight excluding hydrogens is 708 g/mol. The zero-order valence-electron chi connectivity index (χ0n) is 27.3. The van der Waals surface area contributed by atoms with Crippen LogP contribution in [-0.4, -0.2) is 103 Å². The average Bonchev–Trinajstić information content (AvgIpc) is 3.04. The van der Waals surface area contributed by atoms with Crippen LogP contribution in [0.3, 0.4) is 0 Å². The normalized spacial score (nSPS) is 10.7. The molecule has 0 bridgehead atoms. The smallest absolute Gasteiger partial charge is 0.363 e. The molecule has 0 fully saturated rings. The zero-order chi connectivity index (χ0) is 37.1. The number of esters is 3. The first-order chi connectivity index (χ1) is 21.3. The number of carbonyl (C=O) groups excluding carboxylic acids is 7. The second-order valence-corrected chi connectivity index (χ2v) is 12.1. The van der Waals surface area contributed by atoms with Crippen molar-refractivity contribution < 1.29 is 75.0 Å². The summed E-state index contributed by atoms with van der Waals surface area (Å²) >= 11 is 0. The summed E-state index contributed by atoms with van der Waals surface area (Å²) in [5.41, 5.74) is 0.0833. The van der Waals surface area contributed by atoms with Crippen LogP contribution >= 0.6 is 15.2 Å². The maximum atomic E-state index is 11.8. The topological polar surface area (TPSA) is 254 Å². The second-order valence-electron chi connectivity index (χ2n) is 7.42. The van der Waals surface area contributed by atoms with Gasteiger partial charge in [-0.1, -0.05) is 48.9 Å². The Hall–Kier alpha value is -3.99. The lowest BCUT2D eigenvalue weighted by Crippen LogP contribution is -2.40. The van der Waals surface area contributed by atoms with Gasteiger partial charge in [-0.25, -0.2) is 14.4 Å². The highest BCUT2D eigenvalue weighted by Crippen LogP contribution is 2.51. The van der Waals surface area contributed by atoms with Crippen LogP contribution in [0.5, 0.6) is 0 Å². The molecule has 0 aromatic carbocycles. The standard InChI is InChI=1S/C8H11NO3.2C7H14NO6P.C3H4O.4CH4/c1-4-5-7(8(11)12-3)9-6(2)10;2*1-5(9)8-6(7(10)12-2)15(11,13-3)14-4;1-2-3-4;;;;/h4-5H,1H2,2-3H3,(H,9,10);2*6H,1-4H3,(H,8,9);2-3H,1H2;4*1H4/b7-5-;;;;;;;. The van der Waals surface area contributed by atoms with Crippen LogP contribution in [0.25, 0.3) is 0 Å². The molecule has 3 amide bonds. The molecule has 0 spiro atoms. The predicted octanol–water partition coefficient (Wildman–Crippen LogP) is 3.50. The van der Waals surface area contributed by atoms with Gasteiger partial charge in [-0.15, -0.1) is 0 Å². The predicted molar refractivity (Wildman–Crippen MR) is 190 cm³/mol. The Morgan fingerprint density at radius 1 is 0.580 bits per heavy atom. The fourth-order valence-electron chi connectivity index (χ4n) is 2.29. The van der Waals surface area contributed by atoms with Crippen molar-refractivity contribution in [3.8, 4) is 0 Å². The molecule has 0 aromatic rings. The minimum Gasteiger partial charge on any atom is -0.467 e. The lowest BCUT2D eigenvalue weighted by molar-refractivity contribution is -0.143. The summed E-state index contributed by atoms with van der Waals surface area (Å²) in [6.45, 7) is 10.1. The summed E-state index contributed by atoms with van der Waals surface area (Å²) in [6, 6.07) is 0. The maximum Gasteiger partial charge on any atom is 0.363 e. The fraction of sp³-hybridized carbons (Fsp3) is 0.552. The highest BCUT2D eigenvalue weighted by molar-refractivity contribution is 7.56. The number of ether oxygens (including phenoxy) is 3. The summed E-state index contributed by atoms with van der Waals surface area (Å²) < 4.78 is 55.2. The van der Waals surface area contributed by atoms with E-state index in [-0.39, 0.29) is 41.3 Å². The Bertz CT molecular complexity index is 1100. The minimum atomic E-state index is -3.72. The molecule has 0 radical (unpaired) electrons. The molecule has 3 N–H and O–H groups in total. The number of nitrogens with one attached hydrogen (secondary N) is 3. The third kappa shape index (κ3) is 27.9. The van der Waals surface area contributed by atoms with Crippen molar-refractivity contribution in [1.82, 2.24) is 16.0 Å². The highest BCUT2D eigenvalue weighted by Gasteiger charge is 2.42. The van der Waals surface area contributed by atoms with Gasteiger partial charge in [0.15, 0.2) is 0 Å². The van der Waals surface area contributed by atoms with Gasteiger partial charge in [0.25, 0.3) is 0 Å². The van der Waals surface area contributed by atoms with Gasteiger partial charge in [-0.2, -0.15) is 0 Å². The molecule has 50 heavy (non-hydrogen) atoms. The summed E-state index contributed by atoms with van der Waals surface area (Å²) in [4.78, 5) is 74.6. The number of aldehydes is 1. The van der Waals surface area contributed by atoms with Crippen molar-refractivity contribution in [2.75, 3.05) is 49.8 Å². The third-order valence-corrected chi connectivity index (χ3v) is 8.26. The van der Waals surface area contributed by atoms with Crippen LogP contribution in [0, 0.1) is 0 Å². The van der Waals surface area contributed by atoms with E-state index in [0.29, 0.717) is 6.29 Å². The summed E-state index contributed by atoms with van der Waals surface area (Å²) in [5, 5.41) is 6.60. The van der Waals surface area contributed by atoms with E-state index in [0.717, 1.165) is 42.7 Å². The van der Waals surface area contributed by atoms with Crippen LogP contribution in [0.15, 0.2) is 37.1 Å². The van der Waals surface area contributed by atoms with E-state index in [1.165, 1.54) is 46.1 Å². The second kappa shape index (κ2) is 36.3. The van der Waals surface area contributed by atoms with Crippen molar-refractivity contribution in [3.63, 3.8) is 0 Å². The van der Waals surface area contributed by atoms with Gasteiger partial charge in [-0.05, 0) is 12.2 Å². The Morgan fingerprint density at radius 2 is 0.880 bits per heavy atom. The first-order valence-electron chi connectivity index (χ1n) is 12.2. The molecule has 2 atom stereocenters. The van der Waals surface area contributed by atoms with Crippen LogP contribution in [0.2, 0.25) is 0 Å². The Morgan fingerprint density at radius 3 is 1.04 bits per heavy atom. The van der Waals surface area contributed by atoms with E-state index in [9.17, 15) is 37.9 Å². The van der Waals surface area contributed by atoms with Crippen molar-refractivity contribution in [2.45, 2.75) is 62.0 Å². The first kappa shape index (κ1) is 64.5. The fourth-order valence-corrected chi connectivity index (χ4v) is 4.84. The van der Waals surface area contributed by atoms with Gasteiger partial charge in [0.2, 0.25) is 29.3 Å². The Labute approximate surface area is 296 Å². The number of allylic oxidation sites excluding steroid dienone is 3. The quantitative estimate of drug-likeness (QED) is 0.0571. The van der Waals surface area contributed by atoms with E-state index in [1.807, 2.05) is 0 Å². The molecule has 296 valence electrons. The lowest BCUT2D eigenvalue weighted by Gasteiger charge is -2.22. The maximum absolute atomic E-state index is 11.8. The molecular formula is C29H59N3O16P2. The molecule has 0 aliphatic carbocycles. The van der Waals surface area contributed by atoms with Crippen molar-refractivity contribution in [1.29, 1.82) is 0 Å². The van der Waals surface area contributed by atoms with E-state index in [1.54, 1.807) is 0 Å². The molecule has 0 saturated heterocycles. The molecule has 0 aliphatic heterocycles. The molecule has 0 aliphatic rings. The number of carbonyl (C=O) groups is 7. The van der Waals surface area contributed by atoms with Crippen molar-refractivity contribution in [3.05, 3.63) is 37.1 Å². The highest BCUT2D eigenvalue weighted by atomic mass is 31.2. The number of hydrogen-bond donors (Lipinski definition) is 3. The summed E-state index contributed by atoms with van der Waals surface area (Å²) in [6.07, 6.45) is 4.59. The Balaban J connectivity index is -0.0000000808. The van der Waals surface area contributed by atoms with Gasteiger partial charge in [0, 0.05) is 49.2 Å². The minimum absolute atomic E-state index is 0. The number of methoxy groups -OCH3 is 3. The molecule has 0 aromatic heterocycles. The SMILES string of the molecule is C.C.C.C.C=C/C=C(\NC(C)=O)C(=O)OC.C=CC=O.COC(=O)C(NC(C)=O)P(=O)(OC)OC.COC(=O)C(NC(C)=O)P(=O)(OC)OC. The molecule has 0 heterocycles. The van der Waals surface area contributed by atoms with E-state index in [2.05, 4.69) is 61.4 Å². The van der Waals surface area contributed by atoms with Crippen LogP contribution < -0.4 is 16.0 Å². The molecule has 0 saturated carbocycles. The van der Waals surface area contributed by atoms with E-state index < -0.39 is 56.5 Å². The van der Waals surface area contributed by atoms with Gasteiger partial charge in [-0.3, -0.25) is 28.3 Å². The lowest BCUT2D eigenvalue weighted by atomic mass is 10.4. The molecule has 19 nitrogen and oxygen atoms in total. The first-order valence-corrected chi connectivity index (χ1v) is 15.4. The van der Waals surface area contributed by atoms with E-state index >= 15 is 0 Å². The van der Waals surface area contributed by atoms with Gasteiger partial charge in [0.05, 0.1) is 21.3 Å². The third-order valence-electron chi connectivity index (χ3n) is 4.28. The largest absolute Gasteiger partial charge is 0.467 e. The van der Waals surface area contributed by atoms with Crippen LogP contribution in [0.1, 0.15) is 50.5 Å². The molecule has 2 unspecified atom stereocenters. The van der Waals surface area contributed by atoms with Crippen LogP contribution in [0.4, 0.5) is 0 Å². The van der Waals surface area contributed by atoms with Crippen molar-refractivity contribution >= 4 is 57.1 Å². The van der Waals surface area contributed by atoms with E-state index in [4.69, 9.17) is 4.79 Å². The van der Waals surface area contributed by atoms with Gasteiger partial charge in [0.1, 0.15) is 12.0 Å². The Kier molecular flexibility index (Phi) is 46.8. The molecule has 21 heteroatoms. The number of amides is 3. The van der Waals surface area contributed by atoms with Gasteiger partial charge < -0.3 is 48.3 Å². The molecule has 0 rings (SSSR count). The van der Waals surface area contributed by atoms with Crippen molar-refractivity contribution in [2.24, 2.45) is 0 Å². The average molecular weight is 768 g/mol. The summed E-state index contributed by atoms with van der Waals surface area (Å²) in [5.74, 6) is -6.68.